The molecule has 0 radical (unpaired) electrons. The van der Waals surface area contributed by atoms with Gasteiger partial charge in [-0.3, -0.25) is 0 Å². The molecule has 0 saturated carbocycles. The summed E-state index contributed by atoms with van der Waals surface area (Å²) in [5.74, 6) is 0. The molecular formula is C16H13NO2. The highest BCUT2D eigenvalue weighted by Crippen LogP contribution is 2.24. The van der Waals surface area contributed by atoms with Crippen molar-refractivity contribution >= 4 is 22.3 Å². The van der Waals surface area contributed by atoms with E-state index in [0.717, 1.165) is 22.3 Å². The van der Waals surface area contributed by atoms with Gasteiger partial charge in [0.15, 0.2) is 0 Å². The summed E-state index contributed by atoms with van der Waals surface area (Å²) in [7, 11) is 0. The fraction of sp³-hybridized carbons (Fsp3) is 0.0625. The smallest absolute Gasteiger partial charge is 0.338 e. The highest BCUT2D eigenvalue weighted by Gasteiger charge is 2.05. The molecule has 0 bridgehead atoms. The van der Waals surface area contributed by atoms with Crippen molar-refractivity contribution in [2.45, 2.75) is 6.92 Å². The first-order chi connectivity index (χ1) is 9.22. The first-order valence-electron chi connectivity index (χ1n) is 6.09. The summed E-state index contributed by atoms with van der Waals surface area (Å²) in [6.45, 7) is 2.03. The van der Waals surface area contributed by atoms with Gasteiger partial charge in [0.25, 0.3) is 0 Å². The molecule has 19 heavy (non-hydrogen) atoms. The van der Waals surface area contributed by atoms with E-state index in [1.807, 2.05) is 49.4 Å². The van der Waals surface area contributed by atoms with Gasteiger partial charge in [-0.15, -0.1) is 0 Å². The number of benzene rings is 2. The first-order valence-corrected chi connectivity index (χ1v) is 6.09. The van der Waals surface area contributed by atoms with E-state index in [9.17, 15) is 4.79 Å². The standard InChI is InChI=1S/C16H13NO2/c1-11-5-4-6-12(9-11)17-14-10-16(18)19-15-8-3-2-7-13(14)15/h2-10,17H,1H3. The molecule has 0 aliphatic carbocycles. The maximum Gasteiger partial charge on any atom is 0.338 e. The summed E-state index contributed by atoms with van der Waals surface area (Å²) in [4.78, 5) is 11.6. The van der Waals surface area contributed by atoms with Crippen LogP contribution in [0.25, 0.3) is 11.0 Å². The number of hydrogen-bond donors (Lipinski definition) is 1. The van der Waals surface area contributed by atoms with Crippen LogP contribution in [0.4, 0.5) is 11.4 Å². The van der Waals surface area contributed by atoms with Gasteiger partial charge in [-0.05, 0) is 36.8 Å². The van der Waals surface area contributed by atoms with Gasteiger partial charge in [-0.2, -0.15) is 0 Å². The van der Waals surface area contributed by atoms with E-state index in [2.05, 4.69) is 5.32 Å². The zero-order valence-electron chi connectivity index (χ0n) is 10.5. The van der Waals surface area contributed by atoms with Gasteiger partial charge in [0.1, 0.15) is 5.58 Å². The van der Waals surface area contributed by atoms with Gasteiger partial charge in [0.2, 0.25) is 0 Å². The second kappa shape index (κ2) is 4.61. The maximum absolute atomic E-state index is 11.6. The number of hydrogen-bond acceptors (Lipinski definition) is 3. The van der Waals surface area contributed by atoms with Gasteiger partial charge in [0, 0.05) is 17.1 Å². The van der Waals surface area contributed by atoms with E-state index in [4.69, 9.17) is 4.42 Å². The summed E-state index contributed by atoms with van der Waals surface area (Å²) < 4.78 is 5.17. The largest absolute Gasteiger partial charge is 0.423 e. The first kappa shape index (κ1) is 11.5. The summed E-state index contributed by atoms with van der Waals surface area (Å²) in [6.07, 6.45) is 0. The summed E-state index contributed by atoms with van der Waals surface area (Å²) in [5.41, 5.74) is 3.12. The molecule has 0 spiro atoms. The lowest BCUT2D eigenvalue weighted by molar-refractivity contribution is 0.561. The van der Waals surface area contributed by atoms with Crippen LogP contribution in [0.5, 0.6) is 0 Å². The third-order valence-corrected chi connectivity index (χ3v) is 2.95. The number of rotatable bonds is 2. The van der Waals surface area contributed by atoms with Crippen LogP contribution in [0, 0.1) is 6.92 Å². The molecular weight excluding hydrogens is 238 g/mol. The molecule has 0 fully saturated rings. The Labute approximate surface area is 110 Å². The van der Waals surface area contributed by atoms with Gasteiger partial charge in [0.05, 0.1) is 5.69 Å². The second-order valence-corrected chi connectivity index (χ2v) is 4.47. The number of para-hydroxylation sites is 1. The Hall–Kier alpha value is -2.55. The van der Waals surface area contributed by atoms with Crippen molar-refractivity contribution in [3.63, 3.8) is 0 Å². The zero-order chi connectivity index (χ0) is 13.2. The molecule has 3 rings (SSSR count). The summed E-state index contributed by atoms with van der Waals surface area (Å²) in [6, 6.07) is 17.0. The lowest BCUT2D eigenvalue weighted by Gasteiger charge is -2.09. The van der Waals surface area contributed by atoms with Crippen LogP contribution in [-0.4, -0.2) is 0 Å². The number of fused-ring (bicyclic) bond motifs is 1. The number of aryl methyl sites for hydroxylation is 1. The molecule has 3 nitrogen and oxygen atoms in total. The molecule has 0 amide bonds. The fourth-order valence-corrected chi connectivity index (χ4v) is 2.09. The quantitative estimate of drug-likeness (QED) is 0.703. The molecule has 0 unspecified atom stereocenters. The predicted octanol–water partition coefficient (Wildman–Crippen LogP) is 3.85. The highest BCUT2D eigenvalue weighted by molar-refractivity contribution is 5.91. The average Bonchev–Trinajstić information content (AvgIpc) is 2.38. The SMILES string of the molecule is Cc1cccc(Nc2cc(=O)oc3ccccc23)c1. The van der Waals surface area contributed by atoms with E-state index in [1.54, 1.807) is 6.07 Å². The summed E-state index contributed by atoms with van der Waals surface area (Å²) >= 11 is 0. The van der Waals surface area contributed by atoms with E-state index in [-0.39, 0.29) is 5.63 Å². The number of anilines is 2. The molecule has 1 aromatic heterocycles. The van der Waals surface area contributed by atoms with Gasteiger partial charge >= 0.3 is 5.63 Å². The van der Waals surface area contributed by atoms with E-state index < -0.39 is 0 Å². The van der Waals surface area contributed by atoms with E-state index in [0.29, 0.717) is 5.58 Å². The molecule has 3 heteroatoms. The Bertz CT molecular complexity index is 790. The predicted molar refractivity (Wildman–Crippen MR) is 76.9 cm³/mol. The van der Waals surface area contributed by atoms with Crippen molar-refractivity contribution in [3.8, 4) is 0 Å². The monoisotopic (exact) mass is 251 g/mol. The molecule has 94 valence electrons. The fourth-order valence-electron chi connectivity index (χ4n) is 2.09. The second-order valence-electron chi connectivity index (χ2n) is 4.47. The Kier molecular flexibility index (Phi) is 2.80. The van der Waals surface area contributed by atoms with Crippen molar-refractivity contribution in [2.24, 2.45) is 0 Å². The lowest BCUT2D eigenvalue weighted by Crippen LogP contribution is -2.01. The zero-order valence-corrected chi connectivity index (χ0v) is 10.5. The summed E-state index contributed by atoms with van der Waals surface area (Å²) in [5, 5.41) is 4.16. The number of nitrogens with one attached hydrogen (secondary N) is 1. The molecule has 1 heterocycles. The van der Waals surface area contributed by atoms with Crippen LogP contribution in [0.15, 0.2) is 63.8 Å². The van der Waals surface area contributed by atoms with Gasteiger partial charge in [-0.1, -0.05) is 24.3 Å². The normalized spacial score (nSPS) is 10.6. The molecule has 1 N–H and O–H groups in total. The molecule has 2 aromatic carbocycles. The van der Waals surface area contributed by atoms with Crippen LogP contribution < -0.4 is 10.9 Å². The van der Waals surface area contributed by atoms with E-state index in [1.165, 1.54) is 6.07 Å². The molecule has 0 atom stereocenters. The van der Waals surface area contributed by atoms with E-state index >= 15 is 0 Å². The van der Waals surface area contributed by atoms with Crippen molar-refractivity contribution < 1.29 is 4.42 Å². The maximum atomic E-state index is 11.6. The van der Waals surface area contributed by atoms with Crippen LogP contribution in [0.2, 0.25) is 0 Å². The Morgan fingerprint density at radius 3 is 2.68 bits per heavy atom. The molecule has 0 aliphatic heterocycles. The highest BCUT2D eigenvalue weighted by atomic mass is 16.4. The molecule has 0 aliphatic rings. The van der Waals surface area contributed by atoms with Crippen LogP contribution in [0.3, 0.4) is 0 Å². The van der Waals surface area contributed by atoms with Gasteiger partial charge in [-0.25, -0.2) is 4.79 Å². The third kappa shape index (κ3) is 2.36. The van der Waals surface area contributed by atoms with Crippen molar-refractivity contribution in [1.29, 1.82) is 0 Å². The molecule has 0 saturated heterocycles. The van der Waals surface area contributed by atoms with Crippen molar-refractivity contribution in [2.75, 3.05) is 5.32 Å². The van der Waals surface area contributed by atoms with Crippen LogP contribution >= 0.6 is 0 Å². The van der Waals surface area contributed by atoms with Crippen LogP contribution in [0.1, 0.15) is 5.56 Å². The third-order valence-electron chi connectivity index (χ3n) is 2.95. The van der Waals surface area contributed by atoms with Crippen molar-refractivity contribution in [1.82, 2.24) is 0 Å². The lowest BCUT2D eigenvalue weighted by atomic mass is 10.2. The minimum Gasteiger partial charge on any atom is -0.423 e. The minimum atomic E-state index is -0.353. The topological polar surface area (TPSA) is 42.2 Å². The Morgan fingerprint density at radius 2 is 1.84 bits per heavy atom. The minimum absolute atomic E-state index is 0.353. The Morgan fingerprint density at radius 1 is 1.00 bits per heavy atom. The Balaban J connectivity index is 2.12. The molecule has 3 aromatic rings. The van der Waals surface area contributed by atoms with Crippen molar-refractivity contribution in [3.05, 3.63) is 70.6 Å². The average molecular weight is 251 g/mol. The van der Waals surface area contributed by atoms with Gasteiger partial charge < -0.3 is 9.73 Å². The van der Waals surface area contributed by atoms with Crippen LogP contribution in [-0.2, 0) is 0 Å².